The number of carbonyl (C=O) groups is 1. The summed E-state index contributed by atoms with van der Waals surface area (Å²) in [5.41, 5.74) is 3.42. The van der Waals surface area contributed by atoms with Gasteiger partial charge in [0.05, 0.1) is 25.2 Å². The molecule has 0 bridgehead atoms. The van der Waals surface area contributed by atoms with Crippen molar-refractivity contribution < 1.29 is 32.9 Å². The van der Waals surface area contributed by atoms with Crippen molar-refractivity contribution in [3.8, 4) is 0 Å². The van der Waals surface area contributed by atoms with E-state index in [9.17, 15) is 28.2 Å². The molecule has 0 aliphatic heterocycles. The second-order valence-corrected chi connectivity index (χ2v) is 4.14. The number of anilines is 1. The van der Waals surface area contributed by atoms with Crippen LogP contribution in [0.25, 0.3) is 0 Å². The molecule has 0 saturated heterocycles. The first-order chi connectivity index (χ1) is 9.16. The third-order valence-corrected chi connectivity index (χ3v) is 2.69. The van der Waals surface area contributed by atoms with E-state index in [-0.39, 0.29) is 5.56 Å². The minimum absolute atomic E-state index is 0.192. The normalized spacial score (nSPS) is 14.7. The molecule has 1 aromatic rings. The minimum Gasteiger partial charge on any atom is -0.469 e. The van der Waals surface area contributed by atoms with Gasteiger partial charge < -0.3 is 20.7 Å². The van der Waals surface area contributed by atoms with Gasteiger partial charge in [-0.1, -0.05) is 6.07 Å². The van der Waals surface area contributed by atoms with Crippen LogP contribution in [0.3, 0.4) is 0 Å². The first-order valence-corrected chi connectivity index (χ1v) is 5.56. The van der Waals surface area contributed by atoms with Crippen LogP contribution in [0.5, 0.6) is 0 Å². The third-order valence-electron chi connectivity index (χ3n) is 2.69. The molecule has 0 spiro atoms. The van der Waals surface area contributed by atoms with Crippen LogP contribution < -0.4 is 5.73 Å². The van der Waals surface area contributed by atoms with Gasteiger partial charge in [0.15, 0.2) is 0 Å². The Bertz CT molecular complexity index is 490. The number of carbonyl (C=O) groups excluding carboxylic acids is 1. The number of aliphatic hydroxyl groups excluding tert-OH is 2. The van der Waals surface area contributed by atoms with E-state index in [1.165, 1.54) is 0 Å². The molecule has 0 amide bonds. The van der Waals surface area contributed by atoms with Crippen LogP contribution in [0.1, 0.15) is 23.7 Å². The van der Waals surface area contributed by atoms with E-state index < -0.39 is 42.0 Å². The maximum Gasteiger partial charge on any atom is 0.418 e. The van der Waals surface area contributed by atoms with Crippen LogP contribution in [0.15, 0.2) is 18.2 Å². The maximum absolute atomic E-state index is 12.7. The molecule has 20 heavy (non-hydrogen) atoms. The van der Waals surface area contributed by atoms with Gasteiger partial charge in [0.25, 0.3) is 0 Å². The van der Waals surface area contributed by atoms with Crippen molar-refractivity contribution in [1.82, 2.24) is 0 Å². The van der Waals surface area contributed by atoms with Crippen molar-refractivity contribution >= 4 is 11.7 Å². The topological polar surface area (TPSA) is 92.8 Å². The predicted molar refractivity (Wildman–Crippen MR) is 63.5 cm³/mol. The van der Waals surface area contributed by atoms with Crippen LogP contribution in [0.2, 0.25) is 0 Å². The fourth-order valence-electron chi connectivity index (χ4n) is 1.59. The van der Waals surface area contributed by atoms with Crippen LogP contribution in [0.4, 0.5) is 18.9 Å². The second kappa shape index (κ2) is 6.10. The Kier molecular flexibility index (Phi) is 4.96. The molecule has 0 aliphatic carbocycles. The molecular weight excluding hydrogens is 279 g/mol. The van der Waals surface area contributed by atoms with Crippen LogP contribution in [-0.2, 0) is 15.7 Å². The lowest BCUT2D eigenvalue weighted by molar-refractivity contribution is -0.145. The quantitative estimate of drug-likeness (QED) is 0.574. The van der Waals surface area contributed by atoms with Gasteiger partial charge in [-0.15, -0.1) is 0 Å². The highest BCUT2D eigenvalue weighted by Crippen LogP contribution is 2.35. The number of nitrogen functional groups attached to an aromatic ring is 1. The van der Waals surface area contributed by atoms with E-state index in [4.69, 9.17) is 5.73 Å². The van der Waals surface area contributed by atoms with Gasteiger partial charge >= 0.3 is 12.1 Å². The van der Waals surface area contributed by atoms with Gasteiger partial charge in [-0.3, -0.25) is 4.79 Å². The molecule has 0 radical (unpaired) electrons. The predicted octanol–water partition coefficient (Wildman–Crippen LogP) is 1.25. The molecule has 5 nitrogen and oxygen atoms in total. The largest absolute Gasteiger partial charge is 0.469 e. The minimum atomic E-state index is -4.67. The molecule has 4 N–H and O–H groups in total. The van der Waals surface area contributed by atoms with E-state index in [1.807, 2.05) is 0 Å². The van der Waals surface area contributed by atoms with Crippen molar-refractivity contribution in [2.75, 3.05) is 12.8 Å². The fraction of sp³-hybridized carbons (Fsp3) is 0.417. The average Bonchev–Trinajstić information content (AvgIpc) is 2.36. The molecule has 8 heteroatoms. The number of benzene rings is 1. The van der Waals surface area contributed by atoms with Gasteiger partial charge in [0, 0.05) is 5.69 Å². The number of ether oxygens (including phenoxy) is 1. The molecule has 0 saturated carbocycles. The van der Waals surface area contributed by atoms with Gasteiger partial charge in [-0.2, -0.15) is 13.2 Å². The van der Waals surface area contributed by atoms with E-state index in [2.05, 4.69) is 4.74 Å². The zero-order chi connectivity index (χ0) is 15.5. The summed E-state index contributed by atoms with van der Waals surface area (Å²) in [6.45, 7) is 0. The summed E-state index contributed by atoms with van der Waals surface area (Å²) in [4.78, 5) is 10.9. The van der Waals surface area contributed by atoms with Crippen molar-refractivity contribution in [1.29, 1.82) is 0 Å². The molecule has 2 atom stereocenters. The molecule has 0 aromatic heterocycles. The standard InChI is InChI=1S/C12H14F3NO4/c1-20-10(18)5-9(17)11(19)6-2-3-8(16)7(4-6)12(13,14)15/h2-4,9,11,17,19H,5,16H2,1H3. The first-order valence-electron chi connectivity index (χ1n) is 5.56. The number of alkyl halides is 3. The number of rotatable bonds is 4. The Morgan fingerprint density at radius 1 is 1.40 bits per heavy atom. The second-order valence-electron chi connectivity index (χ2n) is 4.14. The number of halogens is 3. The summed E-state index contributed by atoms with van der Waals surface area (Å²) < 4.78 is 42.3. The highest BCUT2D eigenvalue weighted by molar-refractivity contribution is 5.69. The van der Waals surface area contributed by atoms with E-state index in [0.29, 0.717) is 6.07 Å². The van der Waals surface area contributed by atoms with Gasteiger partial charge in [-0.25, -0.2) is 0 Å². The van der Waals surface area contributed by atoms with E-state index in [0.717, 1.165) is 19.2 Å². The number of methoxy groups -OCH3 is 1. The summed E-state index contributed by atoms with van der Waals surface area (Å²) in [7, 11) is 1.09. The molecule has 2 unspecified atom stereocenters. The van der Waals surface area contributed by atoms with Crippen LogP contribution >= 0.6 is 0 Å². The highest BCUT2D eigenvalue weighted by Gasteiger charge is 2.34. The zero-order valence-electron chi connectivity index (χ0n) is 10.5. The van der Waals surface area contributed by atoms with Crippen molar-refractivity contribution in [2.24, 2.45) is 0 Å². The van der Waals surface area contributed by atoms with E-state index >= 15 is 0 Å². The lowest BCUT2D eigenvalue weighted by Crippen LogP contribution is -2.23. The smallest absolute Gasteiger partial charge is 0.418 e. The SMILES string of the molecule is COC(=O)CC(O)C(O)c1ccc(N)c(C(F)(F)F)c1. The average molecular weight is 293 g/mol. The number of nitrogens with two attached hydrogens (primary N) is 1. The van der Waals surface area contributed by atoms with Gasteiger partial charge in [0.1, 0.15) is 6.10 Å². The molecule has 0 aliphatic rings. The summed E-state index contributed by atoms with van der Waals surface area (Å²) in [6.07, 6.45) is -8.45. The molecular formula is C12H14F3NO4. The Morgan fingerprint density at radius 3 is 2.50 bits per heavy atom. The number of hydrogen-bond acceptors (Lipinski definition) is 5. The summed E-state index contributed by atoms with van der Waals surface area (Å²) >= 11 is 0. The number of aliphatic hydroxyl groups is 2. The fourth-order valence-corrected chi connectivity index (χ4v) is 1.59. The van der Waals surface area contributed by atoms with E-state index in [1.54, 1.807) is 0 Å². The monoisotopic (exact) mass is 293 g/mol. The molecule has 112 valence electrons. The first kappa shape index (κ1) is 16.3. The molecule has 1 rings (SSSR count). The Labute approximate surface area is 112 Å². The zero-order valence-corrected chi connectivity index (χ0v) is 10.5. The lowest BCUT2D eigenvalue weighted by Gasteiger charge is -2.19. The highest BCUT2D eigenvalue weighted by atomic mass is 19.4. The number of esters is 1. The van der Waals surface area contributed by atoms with Gasteiger partial charge in [-0.05, 0) is 17.7 Å². The maximum atomic E-state index is 12.7. The van der Waals surface area contributed by atoms with Gasteiger partial charge in [0.2, 0.25) is 0 Å². The Balaban J connectivity index is 2.99. The summed E-state index contributed by atoms with van der Waals surface area (Å²) in [6, 6.07) is 2.77. The van der Waals surface area contributed by atoms with Crippen molar-refractivity contribution in [3.05, 3.63) is 29.3 Å². The number of hydrogen-bond donors (Lipinski definition) is 3. The third kappa shape index (κ3) is 3.84. The summed E-state index contributed by atoms with van der Waals surface area (Å²) in [5, 5.41) is 19.3. The van der Waals surface area contributed by atoms with Crippen molar-refractivity contribution in [3.63, 3.8) is 0 Å². The Morgan fingerprint density at radius 2 is 2.00 bits per heavy atom. The lowest BCUT2D eigenvalue weighted by atomic mass is 9.99. The summed E-state index contributed by atoms with van der Waals surface area (Å²) in [5.74, 6) is -0.789. The Hall–Kier alpha value is -1.80. The van der Waals surface area contributed by atoms with Crippen LogP contribution in [0, 0.1) is 0 Å². The molecule has 0 fully saturated rings. The molecule has 1 aromatic carbocycles. The molecule has 0 heterocycles. The van der Waals surface area contributed by atoms with Crippen molar-refractivity contribution in [2.45, 2.75) is 24.8 Å². The van der Waals surface area contributed by atoms with Crippen LogP contribution in [-0.4, -0.2) is 29.4 Å².